The number of aromatic nitrogens is 3. The van der Waals surface area contributed by atoms with Crippen molar-refractivity contribution in [2.45, 2.75) is 49.9 Å². The van der Waals surface area contributed by atoms with Crippen molar-refractivity contribution >= 4 is 71.4 Å². The second-order valence-corrected chi connectivity index (χ2v) is 16.0. The van der Waals surface area contributed by atoms with Crippen LogP contribution in [0.4, 0.5) is 25.4 Å². The second kappa shape index (κ2) is 13.1. The highest BCUT2D eigenvalue weighted by molar-refractivity contribution is 7.85. The highest BCUT2D eigenvalue weighted by Gasteiger charge is 2.50. The molecule has 2 saturated heterocycles. The van der Waals surface area contributed by atoms with E-state index in [-0.39, 0.29) is 77.7 Å². The molecule has 3 aromatic heterocycles. The van der Waals surface area contributed by atoms with Gasteiger partial charge in [-0.05, 0) is 50.4 Å². The fourth-order valence-corrected chi connectivity index (χ4v) is 9.88. The van der Waals surface area contributed by atoms with Crippen molar-refractivity contribution in [3.8, 4) is 29.0 Å². The van der Waals surface area contributed by atoms with Crippen molar-refractivity contribution in [2.75, 3.05) is 42.2 Å². The van der Waals surface area contributed by atoms with Crippen LogP contribution in [0.15, 0.2) is 30.5 Å². The second-order valence-electron chi connectivity index (χ2n) is 12.6. The number of halogens is 3. The van der Waals surface area contributed by atoms with Crippen molar-refractivity contribution in [3.63, 3.8) is 0 Å². The number of nitrogens with zero attached hydrogens (tertiary/aromatic N) is 5. The number of pyridine rings is 1. The predicted octanol–water partition coefficient (Wildman–Crippen LogP) is 6.51. The van der Waals surface area contributed by atoms with Crippen LogP contribution in [-0.4, -0.2) is 65.4 Å². The van der Waals surface area contributed by atoms with E-state index in [1.165, 1.54) is 6.07 Å². The Hall–Kier alpha value is -4.36. The summed E-state index contributed by atoms with van der Waals surface area (Å²) in [6.07, 6.45) is 4.03. The maximum atomic E-state index is 17.0. The Morgan fingerprint density at radius 1 is 1.30 bits per heavy atom. The van der Waals surface area contributed by atoms with E-state index in [0.29, 0.717) is 24.3 Å². The molecule has 260 valence electrons. The third kappa shape index (κ3) is 5.54. The van der Waals surface area contributed by atoms with Crippen LogP contribution >= 0.6 is 22.9 Å². The van der Waals surface area contributed by atoms with Gasteiger partial charge in [0.05, 0.1) is 32.3 Å². The molecule has 2 unspecified atom stereocenters. The SMILES string of the molecule is CCS(=O)[C@H]1CN2CCCC2(COc2nc(N[C@H](C)c3cccnc3N)c3c(O)c(Cl)c(-c4ccc(F)c5sc(N)c(C#N)c45)c(F)c3n2)C1. The van der Waals surface area contributed by atoms with E-state index >= 15 is 4.39 Å². The highest BCUT2D eigenvalue weighted by Crippen LogP contribution is 2.50. The molecule has 7 rings (SSSR count). The zero-order valence-electron chi connectivity index (χ0n) is 27.1. The fourth-order valence-electron chi connectivity index (χ4n) is 7.34. The van der Waals surface area contributed by atoms with Gasteiger partial charge in [0.15, 0.2) is 5.82 Å². The largest absolute Gasteiger partial charge is 0.506 e. The summed E-state index contributed by atoms with van der Waals surface area (Å²) in [7, 11) is -0.971. The van der Waals surface area contributed by atoms with Gasteiger partial charge in [-0.25, -0.2) is 13.8 Å². The number of thiophene rings is 1. The Kier molecular flexibility index (Phi) is 8.92. The van der Waals surface area contributed by atoms with E-state index in [0.717, 1.165) is 36.8 Å². The number of ether oxygens (including phenoxy) is 1. The minimum absolute atomic E-state index is 0.0144. The Morgan fingerprint density at radius 3 is 2.84 bits per heavy atom. The minimum Gasteiger partial charge on any atom is -0.506 e. The van der Waals surface area contributed by atoms with Gasteiger partial charge in [-0.2, -0.15) is 15.2 Å². The Balaban J connectivity index is 1.39. The summed E-state index contributed by atoms with van der Waals surface area (Å²) in [4.78, 5) is 15.5. The summed E-state index contributed by atoms with van der Waals surface area (Å²) in [6.45, 7) is 5.44. The number of fused-ring (bicyclic) bond motifs is 3. The van der Waals surface area contributed by atoms with Crippen molar-refractivity contribution < 1.29 is 22.8 Å². The van der Waals surface area contributed by atoms with Gasteiger partial charge < -0.3 is 26.6 Å². The molecule has 0 saturated carbocycles. The van der Waals surface area contributed by atoms with Gasteiger partial charge in [-0.1, -0.05) is 30.7 Å². The number of nitrogens with one attached hydrogen (secondary N) is 1. The normalized spacial score (nSPS) is 20.2. The quantitative estimate of drug-likeness (QED) is 0.130. The molecule has 5 aromatic rings. The van der Waals surface area contributed by atoms with Crippen LogP contribution < -0.4 is 21.5 Å². The average Bonchev–Trinajstić information content (AvgIpc) is 3.77. The number of phenolic OH excluding ortho intramolecular Hbond substituents is 1. The van der Waals surface area contributed by atoms with Crippen LogP contribution in [0.5, 0.6) is 11.8 Å². The minimum atomic E-state index is -0.971. The third-order valence-corrected chi connectivity index (χ3v) is 12.8. The standard InChI is InChI=1S/C34H33ClF2N8O3S2/c1-3-50(47)17-12-34(9-5-11-45(34)14-17)15-48-33-43-27-24(32(44-33)42-16(2)18-6-4-10-41-30(18)39)28(46)25(35)23(26(27)37)19-7-8-21(36)29-22(19)20(13-38)31(40)49-29/h4,6-8,10,16-17,46H,3,5,9,11-12,14-15,40H2,1-2H3,(H2,39,41)(H,42,43,44)/t16-,17-,34?,50?/m1/s1. The molecule has 11 nitrogen and oxygen atoms in total. The monoisotopic (exact) mass is 738 g/mol. The van der Waals surface area contributed by atoms with Crippen molar-refractivity contribution in [3.05, 3.63) is 58.2 Å². The van der Waals surface area contributed by atoms with Crippen LogP contribution in [0.25, 0.3) is 32.1 Å². The number of nitrogens with two attached hydrogens (primary N) is 2. The topological polar surface area (TPSA) is 176 Å². The van der Waals surface area contributed by atoms with Gasteiger partial charge >= 0.3 is 6.01 Å². The molecule has 0 amide bonds. The van der Waals surface area contributed by atoms with Crippen LogP contribution in [0.2, 0.25) is 5.02 Å². The van der Waals surface area contributed by atoms with Gasteiger partial charge in [-0.15, -0.1) is 11.3 Å². The first-order valence-electron chi connectivity index (χ1n) is 16.0. The molecule has 0 aliphatic carbocycles. The maximum Gasteiger partial charge on any atom is 0.319 e. The van der Waals surface area contributed by atoms with Crippen LogP contribution in [-0.2, 0) is 10.8 Å². The molecule has 4 atom stereocenters. The number of anilines is 3. The number of aromatic hydroxyl groups is 1. The molecule has 2 aliphatic rings. The molecule has 2 aliphatic heterocycles. The lowest BCUT2D eigenvalue weighted by molar-refractivity contribution is 0.108. The Morgan fingerprint density at radius 2 is 2.10 bits per heavy atom. The molecule has 5 heterocycles. The fraction of sp³-hybridized carbons (Fsp3) is 0.353. The summed E-state index contributed by atoms with van der Waals surface area (Å²) in [5, 5.41) is 24.3. The van der Waals surface area contributed by atoms with Crippen LogP contribution in [0.1, 0.15) is 50.3 Å². The molecule has 2 aromatic carbocycles. The molecular weight excluding hydrogens is 706 g/mol. The average molecular weight is 739 g/mol. The first kappa shape index (κ1) is 34.1. The van der Waals surface area contributed by atoms with Gasteiger partial charge in [-0.3, -0.25) is 9.11 Å². The molecule has 0 spiro atoms. The lowest BCUT2D eigenvalue weighted by Gasteiger charge is -2.31. The molecule has 16 heteroatoms. The maximum absolute atomic E-state index is 17.0. The molecule has 0 radical (unpaired) electrons. The van der Waals surface area contributed by atoms with Crippen molar-refractivity contribution in [1.82, 2.24) is 19.9 Å². The summed E-state index contributed by atoms with van der Waals surface area (Å²) in [6, 6.07) is 7.20. The van der Waals surface area contributed by atoms with E-state index < -0.39 is 39.2 Å². The summed E-state index contributed by atoms with van der Waals surface area (Å²) >= 11 is 7.59. The van der Waals surface area contributed by atoms with E-state index in [1.54, 1.807) is 25.3 Å². The molecule has 6 N–H and O–H groups in total. The van der Waals surface area contributed by atoms with Crippen LogP contribution in [0, 0.1) is 23.0 Å². The Labute approximate surface area is 297 Å². The van der Waals surface area contributed by atoms with E-state index in [4.69, 9.17) is 27.8 Å². The summed E-state index contributed by atoms with van der Waals surface area (Å²) in [5.41, 5.74) is 11.8. The van der Waals surface area contributed by atoms with Crippen molar-refractivity contribution in [2.24, 2.45) is 0 Å². The van der Waals surface area contributed by atoms with E-state index in [2.05, 4.69) is 25.2 Å². The van der Waals surface area contributed by atoms with Gasteiger partial charge in [0, 0.05) is 51.1 Å². The Bertz CT molecular complexity index is 2250. The summed E-state index contributed by atoms with van der Waals surface area (Å²) in [5.74, 6) is -1.28. The van der Waals surface area contributed by atoms with Gasteiger partial charge in [0.1, 0.15) is 46.4 Å². The number of hydrogen-bond donors (Lipinski definition) is 4. The van der Waals surface area contributed by atoms with Crippen molar-refractivity contribution in [1.29, 1.82) is 5.26 Å². The zero-order chi connectivity index (χ0) is 35.5. The third-order valence-electron chi connectivity index (χ3n) is 9.77. The van der Waals surface area contributed by atoms with Gasteiger partial charge in [0.25, 0.3) is 0 Å². The first-order valence-corrected chi connectivity index (χ1v) is 18.6. The predicted molar refractivity (Wildman–Crippen MR) is 193 cm³/mol. The van der Waals surface area contributed by atoms with E-state index in [9.17, 15) is 19.0 Å². The van der Waals surface area contributed by atoms with Crippen LogP contribution in [0.3, 0.4) is 0 Å². The zero-order valence-corrected chi connectivity index (χ0v) is 29.5. The number of hydrogen-bond acceptors (Lipinski definition) is 12. The van der Waals surface area contributed by atoms with E-state index in [1.807, 2.05) is 13.0 Å². The smallest absolute Gasteiger partial charge is 0.319 e. The highest BCUT2D eigenvalue weighted by atomic mass is 35.5. The number of nitrogen functional groups attached to an aromatic ring is 2. The first-order chi connectivity index (χ1) is 24.0. The van der Waals surface area contributed by atoms with Gasteiger partial charge in [0.2, 0.25) is 0 Å². The molecule has 0 bridgehead atoms. The molecule has 2 fully saturated rings. The number of nitriles is 1. The lowest BCUT2D eigenvalue weighted by atomic mass is 9.95. The summed E-state index contributed by atoms with van der Waals surface area (Å²) < 4.78 is 51.1. The number of phenols is 1. The number of rotatable bonds is 9. The molecule has 50 heavy (non-hydrogen) atoms. The number of benzene rings is 2. The molecular formula is C34H33ClF2N8O3S2. The lowest BCUT2D eigenvalue weighted by Crippen LogP contribution is -2.43.